The van der Waals surface area contributed by atoms with E-state index in [1.807, 2.05) is 0 Å². The number of carbonyl (C=O) groups is 1. The molecule has 1 aliphatic rings. The van der Waals surface area contributed by atoms with Crippen molar-refractivity contribution in [2.75, 3.05) is 19.6 Å². The van der Waals surface area contributed by atoms with E-state index in [9.17, 15) is 4.79 Å². The Balaban J connectivity index is 2.37. The number of likely N-dealkylation sites (N-methyl/N-ethyl adjacent to an activating group) is 1. The zero-order chi connectivity index (χ0) is 8.10. The molecule has 0 aromatic carbocycles. The first-order valence-electron chi connectivity index (χ1n) is 4.20. The van der Waals surface area contributed by atoms with Crippen LogP contribution in [0.3, 0.4) is 0 Å². The van der Waals surface area contributed by atoms with E-state index in [0.717, 1.165) is 32.3 Å². The maximum absolute atomic E-state index is 10.2. The SMILES string of the molecule is CCN1CC=C(CC=O)CC1. The van der Waals surface area contributed by atoms with Gasteiger partial charge in [0.1, 0.15) is 6.29 Å². The van der Waals surface area contributed by atoms with Crippen LogP contribution in [0, 0.1) is 0 Å². The molecular formula is C9H15NO. The average Bonchev–Trinajstić information content (AvgIpc) is 2.07. The quantitative estimate of drug-likeness (QED) is 0.449. The Labute approximate surface area is 67.9 Å². The minimum atomic E-state index is 0.636. The van der Waals surface area contributed by atoms with Crippen LogP contribution in [0.5, 0.6) is 0 Å². The smallest absolute Gasteiger partial charge is 0.124 e. The fourth-order valence-corrected chi connectivity index (χ4v) is 1.33. The van der Waals surface area contributed by atoms with Crippen molar-refractivity contribution >= 4 is 6.29 Å². The van der Waals surface area contributed by atoms with Crippen molar-refractivity contribution < 1.29 is 4.79 Å². The summed E-state index contributed by atoms with van der Waals surface area (Å²) in [4.78, 5) is 12.5. The lowest BCUT2D eigenvalue weighted by Gasteiger charge is -2.23. The first-order valence-corrected chi connectivity index (χ1v) is 4.20. The van der Waals surface area contributed by atoms with Gasteiger partial charge in [0.25, 0.3) is 0 Å². The van der Waals surface area contributed by atoms with E-state index in [0.29, 0.717) is 6.42 Å². The maximum atomic E-state index is 10.2. The molecule has 1 heterocycles. The molecule has 0 atom stereocenters. The van der Waals surface area contributed by atoms with Crippen molar-refractivity contribution in [1.29, 1.82) is 0 Å². The number of rotatable bonds is 3. The summed E-state index contributed by atoms with van der Waals surface area (Å²) in [5.74, 6) is 0. The van der Waals surface area contributed by atoms with Gasteiger partial charge in [0.05, 0.1) is 0 Å². The minimum absolute atomic E-state index is 0.636. The first kappa shape index (κ1) is 8.47. The maximum Gasteiger partial charge on any atom is 0.124 e. The minimum Gasteiger partial charge on any atom is -0.303 e. The third-order valence-corrected chi connectivity index (χ3v) is 2.18. The standard InChI is InChI=1S/C9H15NO/c1-2-10-6-3-9(4-7-10)5-8-11/h3,8H,2,4-7H2,1H3. The molecule has 0 radical (unpaired) electrons. The van der Waals surface area contributed by atoms with E-state index in [4.69, 9.17) is 0 Å². The second-order valence-corrected chi connectivity index (χ2v) is 2.88. The van der Waals surface area contributed by atoms with Gasteiger partial charge >= 0.3 is 0 Å². The Hall–Kier alpha value is -0.630. The monoisotopic (exact) mass is 153 g/mol. The first-order chi connectivity index (χ1) is 5.36. The second-order valence-electron chi connectivity index (χ2n) is 2.88. The van der Waals surface area contributed by atoms with E-state index >= 15 is 0 Å². The number of nitrogens with zero attached hydrogens (tertiary/aromatic N) is 1. The van der Waals surface area contributed by atoms with Crippen LogP contribution in [0.2, 0.25) is 0 Å². The summed E-state index contributed by atoms with van der Waals surface area (Å²) in [7, 11) is 0. The number of hydrogen-bond donors (Lipinski definition) is 0. The molecule has 0 aromatic rings. The molecule has 62 valence electrons. The van der Waals surface area contributed by atoms with Crippen LogP contribution in [-0.4, -0.2) is 30.8 Å². The molecule has 11 heavy (non-hydrogen) atoms. The van der Waals surface area contributed by atoms with Crippen LogP contribution < -0.4 is 0 Å². The van der Waals surface area contributed by atoms with E-state index in [2.05, 4.69) is 17.9 Å². The molecular weight excluding hydrogens is 138 g/mol. The fourth-order valence-electron chi connectivity index (χ4n) is 1.33. The Kier molecular flexibility index (Phi) is 3.30. The van der Waals surface area contributed by atoms with Crippen LogP contribution >= 0.6 is 0 Å². The number of aldehydes is 1. The second kappa shape index (κ2) is 4.29. The van der Waals surface area contributed by atoms with Crippen molar-refractivity contribution in [3.63, 3.8) is 0 Å². The molecule has 0 spiro atoms. The van der Waals surface area contributed by atoms with Crippen molar-refractivity contribution in [3.05, 3.63) is 11.6 Å². The third-order valence-electron chi connectivity index (χ3n) is 2.18. The van der Waals surface area contributed by atoms with E-state index in [-0.39, 0.29) is 0 Å². The Bertz CT molecular complexity index is 163. The van der Waals surface area contributed by atoms with Crippen LogP contribution in [0.15, 0.2) is 11.6 Å². The van der Waals surface area contributed by atoms with Gasteiger partial charge in [-0.15, -0.1) is 0 Å². The van der Waals surface area contributed by atoms with Crippen LogP contribution in [0.1, 0.15) is 19.8 Å². The van der Waals surface area contributed by atoms with Gasteiger partial charge in [-0.3, -0.25) is 4.90 Å². The molecule has 2 heteroatoms. The van der Waals surface area contributed by atoms with Gasteiger partial charge in [-0.1, -0.05) is 18.6 Å². The van der Waals surface area contributed by atoms with Gasteiger partial charge < -0.3 is 4.79 Å². The predicted molar refractivity (Wildman–Crippen MR) is 45.5 cm³/mol. The Morgan fingerprint density at radius 2 is 2.55 bits per heavy atom. The van der Waals surface area contributed by atoms with Crippen molar-refractivity contribution in [3.8, 4) is 0 Å². The Morgan fingerprint density at radius 1 is 1.73 bits per heavy atom. The lowest BCUT2D eigenvalue weighted by atomic mass is 10.1. The normalized spacial score (nSPS) is 19.5. The highest BCUT2D eigenvalue weighted by molar-refractivity contribution is 5.54. The van der Waals surface area contributed by atoms with Crippen molar-refractivity contribution in [1.82, 2.24) is 4.90 Å². The highest BCUT2D eigenvalue weighted by Crippen LogP contribution is 2.11. The molecule has 0 amide bonds. The summed E-state index contributed by atoms with van der Waals surface area (Å²) in [5.41, 5.74) is 1.31. The molecule has 0 N–H and O–H groups in total. The van der Waals surface area contributed by atoms with Crippen LogP contribution in [0.25, 0.3) is 0 Å². The zero-order valence-corrected chi connectivity index (χ0v) is 7.05. The molecule has 1 aliphatic heterocycles. The molecule has 1 rings (SSSR count). The van der Waals surface area contributed by atoms with Gasteiger partial charge in [-0.2, -0.15) is 0 Å². The lowest BCUT2D eigenvalue weighted by Crippen LogP contribution is -2.28. The van der Waals surface area contributed by atoms with Gasteiger partial charge in [0, 0.05) is 19.5 Å². The fraction of sp³-hybridized carbons (Fsp3) is 0.667. The molecule has 0 saturated heterocycles. The zero-order valence-electron chi connectivity index (χ0n) is 7.05. The summed E-state index contributed by atoms with van der Waals surface area (Å²) >= 11 is 0. The van der Waals surface area contributed by atoms with Gasteiger partial charge in [-0.25, -0.2) is 0 Å². The molecule has 0 aliphatic carbocycles. The molecule has 0 saturated carbocycles. The summed E-state index contributed by atoms with van der Waals surface area (Å²) in [6.45, 7) is 5.43. The summed E-state index contributed by atoms with van der Waals surface area (Å²) in [5, 5.41) is 0. The highest BCUT2D eigenvalue weighted by Gasteiger charge is 2.08. The van der Waals surface area contributed by atoms with Gasteiger partial charge in [0.2, 0.25) is 0 Å². The average molecular weight is 153 g/mol. The van der Waals surface area contributed by atoms with E-state index in [1.54, 1.807) is 0 Å². The van der Waals surface area contributed by atoms with Gasteiger partial charge in [0.15, 0.2) is 0 Å². The van der Waals surface area contributed by atoms with Crippen LogP contribution in [0.4, 0.5) is 0 Å². The summed E-state index contributed by atoms with van der Waals surface area (Å²) in [6, 6.07) is 0. The van der Waals surface area contributed by atoms with E-state index in [1.165, 1.54) is 5.57 Å². The predicted octanol–water partition coefficient (Wildman–Crippen LogP) is 1.23. The molecule has 0 fully saturated rings. The molecule has 0 unspecified atom stereocenters. The molecule has 0 bridgehead atoms. The third kappa shape index (κ3) is 2.46. The summed E-state index contributed by atoms with van der Waals surface area (Å²) in [6.07, 6.45) is 4.89. The summed E-state index contributed by atoms with van der Waals surface area (Å²) < 4.78 is 0. The topological polar surface area (TPSA) is 20.3 Å². The van der Waals surface area contributed by atoms with Gasteiger partial charge in [-0.05, 0) is 13.0 Å². The Morgan fingerprint density at radius 3 is 3.00 bits per heavy atom. The van der Waals surface area contributed by atoms with Crippen molar-refractivity contribution in [2.45, 2.75) is 19.8 Å². The van der Waals surface area contributed by atoms with E-state index < -0.39 is 0 Å². The molecule has 2 nitrogen and oxygen atoms in total. The largest absolute Gasteiger partial charge is 0.303 e. The van der Waals surface area contributed by atoms with Crippen molar-refractivity contribution in [2.24, 2.45) is 0 Å². The lowest BCUT2D eigenvalue weighted by molar-refractivity contribution is -0.107. The van der Waals surface area contributed by atoms with Crippen LogP contribution in [-0.2, 0) is 4.79 Å². The number of carbonyl (C=O) groups excluding carboxylic acids is 1. The highest BCUT2D eigenvalue weighted by atomic mass is 16.1. The number of hydrogen-bond acceptors (Lipinski definition) is 2. The molecule has 0 aromatic heterocycles.